The Morgan fingerprint density at radius 2 is 2.12 bits per heavy atom. The third-order valence-corrected chi connectivity index (χ3v) is 2.35. The van der Waals surface area contributed by atoms with Crippen LogP contribution in [0.4, 0.5) is 0 Å². The fraction of sp³-hybridized carbons (Fsp3) is 0.182. The Balaban J connectivity index is 2.26. The molecule has 0 amide bonds. The van der Waals surface area contributed by atoms with Crippen LogP contribution in [0.5, 0.6) is 5.75 Å². The largest absolute Gasteiger partial charge is 0.508 e. The number of hydrogen-bond acceptors (Lipinski definition) is 5. The highest BCUT2D eigenvalue weighted by molar-refractivity contribution is 6.41. The Bertz CT molecular complexity index is 477. The van der Waals surface area contributed by atoms with Crippen molar-refractivity contribution < 1.29 is 24.2 Å². The van der Waals surface area contributed by atoms with E-state index in [1.165, 1.54) is 24.3 Å². The van der Waals surface area contributed by atoms with Crippen LogP contribution in [0, 0.1) is 5.92 Å². The van der Waals surface area contributed by atoms with E-state index in [0.717, 1.165) is 0 Å². The van der Waals surface area contributed by atoms with Gasteiger partial charge >= 0.3 is 5.97 Å². The second-order valence-electron chi connectivity index (χ2n) is 3.43. The Morgan fingerprint density at radius 1 is 1.38 bits per heavy atom. The summed E-state index contributed by atoms with van der Waals surface area (Å²) in [5.74, 6) is -3.45. The molecule has 5 nitrogen and oxygen atoms in total. The molecule has 1 aliphatic heterocycles. The summed E-state index contributed by atoms with van der Waals surface area (Å²) in [5, 5.41) is 9.19. The molecule has 1 saturated heterocycles. The molecule has 0 saturated carbocycles. The van der Waals surface area contributed by atoms with Crippen LogP contribution in [0.25, 0.3) is 0 Å². The van der Waals surface area contributed by atoms with Crippen LogP contribution in [0.2, 0.25) is 0 Å². The van der Waals surface area contributed by atoms with Crippen molar-refractivity contribution in [3.05, 3.63) is 29.8 Å². The summed E-state index contributed by atoms with van der Waals surface area (Å²) in [7, 11) is 0. The van der Waals surface area contributed by atoms with Crippen LogP contribution < -0.4 is 0 Å². The van der Waals surface area contributed by atoms with E-state index in [9.17, 15) is 19.5 Å². The number of ketones is 2. The molecule has 0 aliphatic carbocycles. The second kappa shape index (κ2) is 3.77. The van der Waals surface area contributed by atoms with Crippen LogP contribution in [-0.2, 0) is 14.3 Å². The number of benzene rings is 1. The predicted octanol–water partition coefficient (Wildman–Crippen LogP) is 0.317. The lowest BCUT2D eigenvalue weighted by Crippen LogP contribution is -2.23. The fourth-order valence-corrected chi connectivity index (χ4v) is 1.50. The number of hydrogen-bond donors (Lipinski definition) is 1. The van der Waals surface area contributed by atoms with Crippen molar-refractivity contribution in [1.82, 2.24) is 0 Å². The lowest BCUT2D eigenvalue weighted by atomic mass is 9.96. The highest BCUT2D eigenvalue weighted by Crippen LogP contribution is 2.19. The second-order valence-corrected chi connectivity index (χ2v) is 3.43. The number of phenolic OH excluding ortho intramolecular Hbond substituents is 1. The number of Topliss-reactive ketones (excluding diaryl/α,β-unsaturated/α-hetero) is 2. The molecule has 5 heteroatoms. The minimum absolute atomic E-state index is 0.0662. The van der Waals surface area contributed by atoms with Crippen molar-refractivity contribution in [3.8, 4) is 5.75 Å². The van der Waals surface area contributed by atoms with Gasteiger partial charge in [0, 0.05) is 5.56 Å². The molecule has 1 heterocycles. The molecule has 1 N–H and O–H groups in total. The van der Waals surface area contributed by atoms with E-state index in [1.54, 1.807) is 0 Å². The quantitative estimate of drug-likeness (QED) is 0.336. The van der Waals surface area contributed by atoms with Gasteiger partial charge in [-0.1, -0.05) is 12.1 Å². The molecule has 1 aromatic rings. The molecule has 1 fully saturated rings. The van der Waals surface area contributed by atoms with Gasteiger partial charge in [0.2, 0.25) is 0 Å². The number of phenols is 1. The van der Waals surface area contributed by atoms with Gasteiger partial charge in [-0.15, -0.1) is 0 Å². The van der Waals surface area contributed by atoms with E-state index in [1.807, 2.05) is 0 Å². The number of aromatic hydroxyl groups is 1. The van der Waals surface area contributed by atoms with Gasteiger partial charge in [0.15, 0.2) is 5.78 Å². The molecular weight excluding hydrogens is 212 g/mol. The number of cyclic esters (lactones) is 1. The van der Waals surface area contributed by atoms with Gasteiger partial charge in [0.1, 0.15) is 18.3 Å². The van der Waals surface area contributed by atoms with E-state index >= 15 is 0 Å². The Kier molecular flexibility index (Phi) is 2.44. The molecule has 2 rings (SSSR count). The van der Waals surface area contributed by atoms with Crippen molar-refractivity contribution in [3.63, 3.8) is 0 Å². The molecule has 1 atom stereocenters. The zero-order chi connectivity index (χ0) is 11.7. The highest BCUT2D eigenvalue weighted by Gasteiger charge is 2.40. The van der Waals surface area contributed by atoms with E-state index in [4.69, 9.17) is 0 Å². The van der Waals surface area contributed by atoms with E-state index < -0.39 is 23.5 Å². The van der Waals surface area contributed by atoms with Gasteiger partial charge in [-0.05, 0) is 12.1 Å². The van der Waals surface area contributed by atoms with Gasteiger partial charge in [0.05, 0.1) is 0 Å². The summed E-state index contributed by atoms with van der Waals surface area (Å²) in [6.45, 7) is -0.216. The molecule has 0 aromatic heterocycles. The SMILES string of the molecule is O=C1OC[C@@H](C(=O)c2cccc(O)c2)C1=O. The topological polar surface area (TPSA) is 80.7 Å². The lowest BCUT2D eigenvalue weighted by Gasteiger charge is -2.04. The summed E-state index contributed by atoms with van der Waals surface area (Å²) in [5.41, 5.74) is 0.191. The molecule has 0 unspecified atom stereocenters. The van der Waals surface area contributed by atoms with Crippen LogP contribution in [0.15, 0.2) is 24.3 Å². The summed E-state index contributed by atoms with van der Waals surface area (Å²) in [6, 6.07) is 5.62. The standard InChI is InChI=1S/C11H8O5/c12-7-3-1-2-6(4-7)9(13)8-5-16-11(15)10(8)14/h1-4,8,12H,5H2/t8-/m0/s1. The average molecular weight is 220 g/mol. The van der Waals surface area contributed by atoms with E-state index in [-0.39, 0.29) is 17.9 Å². The maximum absolute atomic E-state index is 11.8. The maximum Gasteiger partial charge on any atom is 0.375 e. The van der Waals surface area contributed by atoms with Crippen LogP contribution in [0.3, 0.4) is 0 Å². The van der Waals surface area contributed by atoms with Gasteiger partial charge in [-0.2, -0.15) is 0 Å². The molecule has 0 radical (unpaired) electrons. The molecule has 0 bridgehead atoms. The maximum atomic E-state index is 11.8. The number of ether oxygens (including phenoxy) is 1. The van der Waals surface area contributed by atoms with Crippen molar-refractivity contribution in [1.29, 1.82) is 0 Å². The first-order chi connectivity index (χ1) is 7.59. The molecular formula is C11H8O5. The highest BCUT2D eigenvalue weighted by atomic mass is 16.5. The van der Waals surface area contributed by atoms with Crippen molar-refractivity contribution in [2.45, 2.75) is 0 Å². The minimum Gasteiger partial charge on any atom is -0.508 e. The predicted molar refractivity (Wildman–Crippen MR) is 51.9 cm³/mol. The monoisotopic (exact) mass is 220 g/mol. The zero-order valence-electron chi connectivity index (χ0n) is 8.17. The third-order valence-electron chi connectivity index (χ3n) is 2.35. The number of rotatable bonds is 2. The lowest BCUT2D eigenvalue weighted by molar-refractivity contribution is -0.147. The Hall–Kier alpha value is -2.17. The van der Waals surface area contributed by atoms with E-state index in [0.29, 0.717) is 0 Å². The van der Waals surface area contributed by atoms with Crippen molar-refractivity contribution >= 4 is 17.5 Å². The van der Waals surface area contributed by atoms with Crippen LogP contribution in [0.1, 0.15) is 10.4 Å². The van der Waals surface area contributed by atoms with Crippen molar-refractivity contribution in [2.24, 2.45) is 5.92 Å². The summed E-state index contributed by atoms with van der Waals surface area (Å²) in [6.07, 6.45) is 0. The molecule has 82 valence electrons. The fourth-order valence-electron chi connectivity index (χ4n) is 1.50. The van der Waals surface area contributed by atoms with Gasteiger partial charge in [0.25, 0.3) is 5.78 Å². The average Bonchev–Trinajstić information content (AvgIpc) is 2.59. The van der Waals surface area contributed by atoms with E-state index in [2.05, 4.69) is 4.74 Å². The van der Waals surface area contributed by atoms with Crippen molar-refractivity contribution in [2.75, 3.05) is 6.61 Å². The normalized spacial score (nSPS) is 19.6. The molecule has 16 heavy (non-hydrogen) atoms. The van der Waals surface area contributed by atoms with Crippen LogP contribution in [-0.4, -0.2) is 29.2 Å². The van der Waals surface area contributed by atoms with Gasteiger partial charge in [-0.3, -0.25) is 9.59 Å². The first kappa shape index (κ1) is 10.4. The molecule has 1 aromatic carbocycles. The number of carbonyl (C=O) groups excluding carboxylic acids is 3. The summed E-state index contributed by atoms with van der Waals surface area (Å²) >= 11 is 0. The molecule has 0 spiro atoms. The van der Waals surface area contributed by atoms with Crippen LogP contribution >= 0.6 is 0 Å². The third kappa shape index (κ3) is 1.67. The van der Waals surface area contributed by atoms with Gasteiger partial charge in [-0.25, -0.2) is 4.79 Å². The minimum atomic E-state index is -1.07. The summed E-state index contributed by atoms with van der Waals surface area (Å²) < 4.78 is 4.48. The number of esters is 1. The zero-order valence-corrected chi connectivity index (χ0v) is 8.17. The Morgan fingerprint density at radius 3 is 2.69 bits per heavy atom. The first-order valence-electron chi connectivity index (χ1n) is 4.64. The first-order valence-corrected chi connectivity index (χ1v) is 4.64. The Labute approximate surface area is 90.6 Å². The molecule has 1 aliphatic rings. The van der Waals surface area contributed by atoms with Gasteiger partial charge < -0.3 is 9.84 Å². The summed E-state index contributed by atoms with van der Waals surface area (Å²) in [4.78, 5) is 33.9. The smallest absolute Gasteiger partial charge is 0.375 e. The number of carbonyl (C=O) groups is 3.